The molecule has 0 unspecified atom stereocenters. The first-order chi connectivity index (χ1) is 13.9. The van der Waals surface area contributed by atoms with Crippen LogP contribution >= 0.6 is 0 Å². The summed E-state index contributed by atoms with van der Waals surface area (Å²) in [5, 5.41) is 8.27. The molecule has 1 heteroatoms. The Balaban J connectivity index is 1.74. The summed E-state index contributed by atoms with van der Waals surface area (Å²) in [6.07, 6.45) is 8.12. The second kappa shape index (κ2) is 6.38. The maximum Gasteiger partial charge on any atom is 0.0500 e. The summed E-state index contributed by atoms with van der Waals surface area (Å²) in [6, 6.07) is 27.8. The van der Waals surface area contributed by atoms with E-state index < -0.39 is 0 Å². The number of rotatable bonds is 1. The van der Waals surface area contributed by atoms with Crippen LogP contribution in [0.2, 0.25) is 0 Å². The Bertz CT molecular complexity index is 1320. The Labute approximate surface area is 165 Å². The molecule has 138 valence electrons. The lowest BCUT2D eigenvalue weighted by molar-refractivity contribution is 0.467. The Hall–Kier alpha value is -2.80. The summed E-state index contributed by atoms with van der Waals surface area (Å²) in [4.78, 5) is 0. The molecule has 6 rings (SSSR count). The van der Waals surface area contributed by atoms with Crippen LogP contribution in [0, 0.1) is 0 Å². The summed E-state index contributed by atoms with van der Waals surface area (Å²) >= 11 is 0. The van der Waals surface area contributed by atoms with Gasteiger partial charge in [-0.2, -0.15) is 0 Å². The fourth-order valence-corrected chi connectivity index (χ4v) is 5.49. The molecule has 1 saturated carbocycles. The van der Waals surface area contributed by atoms with E-state index in [4.69, 9.17) is 0 Å². The minimum atomic E-state index is 0.628. The largest absolute Gasteiger partial charge is 0.337 e. The molecule has 5 aromatic rings. The van der Waals surface area contributed by atoms with E-state index in [9.17, 15) is 0 Å². The summed E-state index contributed by atoms with van der Waals surface area (Å²) in [7, 11) is 0. The van der Waals surface area contributed by atoms with Crippen molar-refractivity contribution in [3.63, 3.8) is 0 Å². The summed E-state index contributed by atoms with van der Waals surface area (Å²) < 4.78 is 2.67. The highest BCUT2D eigenvalue weighted by Gasteiger charge is 2.21. The quantitative estimate of drug-likeness (QED) is 0.210. The van der Waals surface area contributed by atoms with Gasteiger partial charge >= 0.3 is 0 Å². The van der Waals surface area contributed by atoms with Crippen LogP contribution in [0.4, 0.5) is 0 Å². The van der Waals surface area contributed by atoms with Crippen LogP contribution in [0.5, 0.6) is 0 Å². The van der Waals surface area contributed by atoms with Gasteiger partial charge < -0.3 is 4.57 Å². The predicted molar refractivity (Wildman–Crippen MR) is 121 cm³/mol. The van der Waals surface area contributed by atoms with E-state index in [-0.39, 0.29) is 0 Å². The van der Waals surface area contributed by atoms with Crippen LogP contribution in [-0.4, -0.2) is 4.57 Å². The number of benzene rings is 4. The maximum absolute atomic E-state index is 2.67. The van der Waals surface area contributed by atoms with Gasteiger partial charge in [-0.05, 0) is 46.5 Å². The molecular formula is C27H25N. The molecule has 1 fully saturated rings. The van der Waals surface area contributed by atoms with Crippen molar-refractivity contribution < 1.29 is 0 Å². The molecule has 0 saturated heterocycles. The fraction of sp³-hybridized carbons (Fsp3) is 0.259. The smallest absolute Gasteiger partial charge is 0.0500 e. The van der Waals surface area contributed by atoms with Gasteiger partial charge in [-0.3, -0.25) is 0 Å². The van der Waals surface area contributed by atoms with Crippen molar-refractivity contribution in [1.29, 1.82) is 0 Å². The molecule has 0 spiro atoms. The molecule has 1 aromatic heterocycles. The van der Waals surface area contributed by atoms with Gasteiger partial charge in [0.1, 0.15) is 0 Å². The van der Waals surface area contributed by atoms with Gasteiger partial charge in [0.25, 0.3) is 0 Å². The van der Waals surface area contributed by atoms with Gasteiger partial charge in [0, 0.05) is 22.3 Å². The molecule has 0 radical (unpaired) electrons. The van der Waals surface area contributed by atoms with Crippen molar-refractivity contribution in [2.24, 2.45) is 0 Å². The average molecular weight is 364 g/mol. The number of aromatic nitrogens is 1. The van der Waals surface area contributed by atoms with Crippen LogP contribution in [0.3, 0.4) is 0 Å². The van der Waals surface area contributed by atoms with Crippen molar-refractivity contribution in [2.45, 2.75) is 44.6 Å². The third-order valence-electron chi connectivity index (χ3n) is 6.79. The zero-order chi connectivity index (χ0) is 18.5. The zero-order valence-corrected chi connectivity index (χ0v) is 16.2. The molecule has 0 bridgehead atoms. The lowest BCUT2D eigenvalue weighted by Crippen LogP contribution is -2.07. The van der Waals surface area contributed by atoms with E-state index >= 15 is 0 Å². The monoisotopic (exact) mass is 363 g/mol. The summed E-state index contributed by atoms with van der Waals surface area (Å²) in [6.45, 7) is 0. The van der Waals surface area contributed by atoms with Gasteiger partial charge in [0.2, 0.25) is 0 Å². The molecular weight excluding hydrogens is 338 g/mol. The molecule has 0 amide bonds. The minimum Gasteiger partial charge on any atom is -0.337 e. The van der Waals surface area contributed by atoms with Gasteiger partial charge in [-0.1, -0.05) is 86.3 Å². The SMILES string of the molecule is c1ccc2c(c1)ccc1c2ccc2c1c1ccccc1n2C1CCCCCC1. The van der Waals surface area contributed by atoms with Crippen LogP contribution in [0.1, 0.15) is 44.6 Å². The van der Waals surface area contributed by atoms with E-state index in [1.165, 1.54) is 81.9 Å². The number of nitrogens with zero attached hydrogens (tertiary/aromatic N) is 1. The lowest BCUT2D eigenvalue weighted by Gasteiger charge is -2.19. The fourth-order valence-electron chi connectivity index (χ4n) is 5.49. The Morgan fingerprint density at radius 2 is 1.25 bits per heavy atom. The number of hydrogen-bond donors (Lipinski definition) is 0. The first-order valence-electron chi connectivity index (χ1n) is 10.7. The number of hydrogen-bond acceptors (Lipinski definition) is 0. The molecule has 0 atom stereocenters. The van der Waals surface area contributed by atoms with Crippen molar-refractivity contribution in [2.75, 3.05) is 0 Å². The van der Waals surface area contributed by atoms with Crippen LogP contribution in [0.25, 0.3) is 43.4 Å². The molecule has 4 aromatic carbocycles. The predicted octanol–water partition coefficient (Wildman–Crippen LogP) is 8.00. The Morgan fingerprint density at radius 3 is 2.11 bits per heavy atom. The van der Waals surface area contributed by atoms with E-state index in [0.29, 0.717) is 6.04 Å². The molecule has 0 aliphatic heterocycles. The van der Waals surface area contributed by atoms with Crippen LogP contribution < -0.4 is 0 Å². The summed E-state index contributed by atoms with van der Waals surface area (Å²) in [5.74, 6) is 0. The average Bonchev–Trinajstić information content (AvgIpc) is 2.88. The Kier molecular flexibility index (Phi) is 3.68. The third-order valence-corrected chi connectivity index (χ3v) is 6.79. The first kappa shape index (κ1) is 16.2. The minimum absolute atomic E-state index is 0.628. The number of fused-ring (bicyclic) bond motifs is 7. The molecule has 1 nitrogen and oxygen atoms in total. The zero-order valence-electron chi connectivity index (χ0n) is 16.2. The van der Waals surface area contributed by atoms with E-state index in [0.717, 1.165) is 0 Å². The van der Waals surface area contributed by atoms with Gasteiger partial charge in [0.15, 0.2) is 0 Å². The molecule has 1 aliphatic carbocycles. The number of para-hydroxylation sites is 1. The first-order valence-corrected chi connectivity index (χ1v) is 10.7. The maximum atomic E-state index is 2.67. The summed E-state index contributed by atoms with van der Waals surface area (Å²) in [5.41, 5.74) is 2.82. The molecule has 28 heavy (non-hydrogen) atoms. The standard InChI is InChI=1S/C27H25N/c1-2-4-11-20(10-3-1)28-25-14-8-7-13-24(25)27-23-16-15-19-9-5-6-12-21(19)22(23)17-18-26(27)28/h5-9,12-18,20H,1-4,10-11H2. The second-order valence-electron chi connectivity index (χ2n) is 8.37. The van der Waals surface area contributed by atoms with Gasteiger partial charge in [-0.15, -0.1) is 0 Å². The van der Waals surface area contributed by atoms with Gasteiger partial charge in [-0.25, -0.2) is 0 Å². The molecule has 1 heterocycles. The second-order valence-corrected chi connectivity index (χ2v) is 8.37. The van der Waals surface area contributed by atoms with Crippen molar-refractivity contribution in [3.8, 4) is 0 Å². The normalized spacial score (nSPS) is 16.3. The van der Waals surface area contributed by atoms with Crippen molar-refractivity contribution in [3.05, 3.63) is 72.8 Å². The van der Waals surface area contributed by atoms with E-state index in [1.807, 2.05) is 0 Å². The van der Waals surface area contributed by atoms with E-state index in [1.54, 1.807) is 0 Å². The van der Waals surface area contributed by atoms with Crippen molar-refractivity contribution >= 4 is 43.4 Å². The highest BCUT2D eigenvalue weighted by molar-refractivity contribution is 6.24. The van der Waals surface area contributed by atoms with Gasteiger partial charge in [0.05, 0.1) is 5.52 Å². The lowest BCUT2D eigenvalue weighted by atomic mass is 9.98. The van der Waals surface area contributed by atoms with E-state index in [2.05, 4.69) is 77.4 Å². The molecule has 1 aliphatic rings. The van der Waals surface area contributed by atoms with Crippen LogP contribution in [0.15, 0.2) is 72.8 Å². The third kappa shape index (κ3) is 2.32. The highest BCUT2D eigenvalue weighted by Crippen LogP contribution is 2.41. The van der Waals surface area contributed by atoms with Crippen molar-refractivity contribution in [1.82, 2.24) is 4.57 Å². The molecule has 0 N–H and O–H groups in total. The van der Waals surface area contributed by atoms with Crippen LogP contribution in [-0.2, 0) is 0 Å². The Morgan fingerprint density at radius 1 is 0.536 bits per heavy atom. The highest BCUT2D eigenvalue weighted by atomic mass is 15.0. The topological polar surface area (TPSA) is 4.93 Å².